The molecule has 0 saturated carbocycles. The average molecular weight is 371 g/mol. The molecule has 0 aliphatic carbocycles. The number of benzene rings is 1. The molecule has 1 aromatic carbocycles. The van der Waals surface area contributed by atoms with Crippen LogP contribution in [0.4, 0.5) is 5.69 Å². The van der Waals surface area contributed by atoms with Gasteiger partial charge in [0.1, 0.15) is 5.54 Å². The second-order valence-corrected chi connectivity index (χ2v) is 7.37. The summed E-state index contributed by atoms with van der Waals surface area (Å²) < 4.78 is 5.07. The van der Waals surface area contributed by atoms with Crippen molar-refractivity contribution in [2.45, 2.75) is 39.7 Å². The average Bonchev–Trinajstić information content (AvgIpc) is 3.02. The van der Waals surface area contributed by atoms with Crippen LogP contribution in [-0.4, -0.2) is 36.5 Å². The summed E-state index contributed by atoms with van der Waals surface area (Å²) in [6.07, 6.45) is 0.0518. The highest BCUT2D eigenvalue weighted by Crippen LogP contribution is 2.26. The maximum absolute atomic E-state index is 12.2. The molecule has 1 aromatic rings. The lowest BCUT2D eigenvalue weighted by atomic mass is 9.90. The number of hydrogen-bond acceptors (Lipinski definition) is 5. The number of ether oxygens (including phenoxy) is 1. The van der Waals surface area contributed by atoms with E-state index in [-0.39, 0.29) is 24.8 Å². The van der Waals surface area contributed by atoms with Crippen molar-refractivity contribution in [1.29, 1.82) is 5.26 Å². The lowest BCUT2D eigenvalue weighted by Gasteiger charge is -2.27. The normalized spacial score (nSPS) is 18.7. The van der Waals surface area contributed by atoms with E-state index in [0.29, 0.717) is 0 Å². The first-order chi connectivity index (χ1) is 12.7. The van der Waals surface area contributed by atoms with E-state index in [0.717, 1.165) is 11.3 Å². The molecule has 0 radical (unpaired) electrons. The number of carbonyl (C=O) groups excluding carboxylic acids is 3. The zero-order valence-electron chi connectivity index (χ0n) is 16.1. The van der Waals surface area contributed by atoms with Gasteiger partial charge in [0, 0.05) is 18.7 Å². The molecule has 2 atom stereocenters. The summed E-state index contributed by atoms with van der Waals surface area (Å²) >= 11 is 0. The lowest BCUT2D eigenvalue weighted by molar-refractivity contribution is -0.152. The van der Waals surface area contributed by atoms with Gasteiger partial charge in [0.15, 0.2) is 6.61 Å². The van der Waals surface area contributed by atoms with Crippen molar-refractivity contribution in [2.75, 3.05) is 18.1 Å². The van der Waals surface area contributed by atoms with Crippen LogP contribution < -0.4 is 10.2 Å². The highest BCUT2D eigenvalue weighted by Gasteiger charge is 2.37. The fraction of sp³-hybridized carbons (Fsp3) is 0.500. The van der Waals surface area contributed by atoms with Crippen molar-refractivity contribution in [3.63, 3.8) is 0 Å². The second-order valence-electron chi connectivity index (χ2n) is 7.37. The summed E-state index contributed by atoms with van der Waals surface area (Å²) in [5.41, 5.74) is 0.785. The van der Waals surface area contributed by atoms with E-state index >= 15 is 0 Å². The molecule has 1 N–H and O–H groups in total. The van der Waals surface area contributed by atoms with E-state index in [1.165, 1.54) is 0 Å². The molecule has 0 spiro atoms. The molecule has 7 heteroatoms. The predicted octanol–water partition coefficient (Wildman–Crippen LogP) is 1.95. The van der Waals surface area contributed by atoms with E-state index in [1.54, 1.807) is 11.8 Å². The molecular weight excluding hydrogens is 346 g/mol. The zero-order chi connectivity index (χ0) is 20.2. The summed E-state index contributed by atoms with van der Waals surface area (Å²) in [4.78, 5) is 38.0. The van der Waals surface area contributed by atoms with Crippen LogP contribution in [0, 0.1) is 30.1 Å². The maximum Gasteiger partial charge on any atom is 0.311 e. The van der Waals surface area contributed by atoms with Gasteiger partial charge in [-0.15, -0.1) is 0 Å². The van der Waals surface area contributed by atoms with Crippen molar-refractivity contribution >= 4 is 23.5 Å². The number of hydrogen-bond donors (Lipinski definition) is 1. The van der Waals surface area contributed by atoms with Crippen molar-refractivity contribution in [1.82, 2.24) is 5.32 Å². The van der Waals surface area contributed by atoms with Gasteiger partial charge < -0.3 is 15.0 Å². The molecule has 1 heterocycles. The number of aryl methyl sites for hydroxylation is 1. The standard InChI is InChI=1S/C20H25N3O4/c1-13(2)20(4,12-21)22-17(24)11-27-19(26)15-9-18(25)23(10-15)16-7-5-14(3)6-8-16/h5-8,13,15H,9-11H2,1-4H3,(H,22,24)/t15-,20-/m0/s1. The van der Waals surface area contributed by atoms with Crippen LogP contribution >= 0.6 is 0 Å². The molecule has 0 unspecified atom stereocenters. The van der Waals surface area contributed by atoms with Crippen molar-refractivity contribution in [3.05, 3.63) is 29.8 Å². The Morgan fingerprint density at radius 2 is 2.00 bits per heavy atom. The van der Waals surface area contributed by atoms with Gasteiger partial charge in [0.25, 0.3) is 5.91 Å². The minimum Gasteiger partial charge on any atom is -0.455 e. The minimum absolute atomic E-state index is 0.0518. The van der Waals surface area contributed by atoms with Crippen molar-refractivity contribution < 1.29 is 19.1 Å². The topological polar surface area (TPSA) is 99.5 Å². The molecule has 1 saturated heterocycles. The summed E-state index contributed by atoms with van der Waals surface area (Å²) in [6, 6.07) is 9.54. The summed E-state index contributed by atoms with van der Waals surface area (Å²) in [7, 11) is 0. The summed E-state index contributed by atoms with van der Waals surface area (Å²) in [5.74, 6) is -1.99. The number of anilines is 1. The Balaban J connectivity index is 1.90. The molecular formula is C20H25N3O4. The second kappa shape index (κ2) is 8.21. The van der Waals surface area contributed by atoms with Crippen molar-refractivity contribution in [2.24, 2.45) is 11.8 Å². The third-order valence-electron chi connectivity index (χ3n) is 4.94. The first kappa shape index (κ1) is 20.4. The highest BCUT2D eigenvalue weighted by molar-refractivity contribution is 5.99. The number of nitrogens with zero attached hydrogens (tertiary/aromatic N) is 2. The number of rotatable bonds is 6. The fourth-order valence-corrected chi connectivity index (χ4v) is 2.72. The molecule has 1 fully saturated rings. The number of nitriles is 1. The van der Waals surface area contributed by atoms with Gasteiger partial charge in [-0.1, -0.05) is 31.5 Å². The van der Waals surface area contributed by atoms with E-state index in [2.05, 4.69) is 11.4 Å². The monoisotopic (exact) mass is 371 g/mol. The first-order valence-corrected chi connectivity index (χ1v) is 8.92. The van der Waals surface area contributed by atoms with Gasteiger partial charge in [-0.3, -0.25) is 14.4 Å². The Hall–Kier alpha value is -2.88. The van der Waals surface area contributed by atoms with Gasteiger partial charge in [-0.05, 0) is 31.9 Å². The molecule has 7 nitrogen and oxygen atoms in total. The Morgan fingerprint density at radius 1 is 1.37 bits per heavy atom. The van der Waals surface area contributed by atoms with Crippen LogP contribution in [0.15, 0.2) is 24.3 Å². The molecule has 27 heavy (non-hydrogen) atoms. The van der Waals surface area contributed by atoms with Gasteiger partial charge >= 0.3 is 5.97 Å². The molecule has 1 aliphatic heterocycles. The SMILES string of the molecule is Cc1ccc(N2C[C@@H](C(=O)OCC(=O)N[C@@](C)(C#N)C(C)C)CC2=O)cc1. The first-order valence-electron chi connectivity index (χ1n) is 8.92. The molecule has 0 aromatic heterocycles. The van der Waals surface area contributed by atoms with E-state index in [1.807, 2.05) is 45.0 Å². The number of amides is 2. The van der Waals surface area contributed by atoms with E-state index < -0.39 is 29.9 Å². The lowest BCUT2D eigenvalue weighted by Crippen LogP contribution is -2.50. The molecule has 0 bridgehead atoms. The third kappa shape index (κ3) is 4.85. The van der Waals surface area contributed by atoms with Gasteiger partial charge in [0.05, 0.1) is 12.0 Å². The zero-order valence-corrected chi connectivity index (χ0v) is 16.1. The quantitative estimate of drug-likeness (QED) is 0.771. The van der Waals surface area contributed by atoms with E-state index in [4.69, 9.17) is 4.74 Å². The summed E-state index contributed by atoms with van der Waals surface area (Å²) in [6.45, 7) is 6.96. The van der Waals surface area contributed by atoms with Crippen LogP contribution in [0.25, 0.3) is 0 Å². The van der Waals surface area contributed by atoms with Crippen molar-refractivity contribution in [3.8, 4) is 6.07 Å². The molecule has 144 valence electrons. The van der Waals surface area contributed by atoms with Crippen LogP contribution in [0.3, 0.4) is 0 Å². The van der Waals surface area contributed by atoms with E-state index in [9.17, 15) is 19.6 Å². The van der Waals surface area contributed by atoms with Crippen LogP contribution in [0.2, 0.25) is 0 Å². The minimum atomic E-state index is -1.03. The van der Waals surface area contributed by atoms with Gasteiger partial charge in [0.2, 0.25) is 5.91 Å². The van der Waals surface area contributed by atoms with Gasteiger partial charge in [-0.2, -0.15) is 5.26 Å². The number of carbonyl (C=O) groups is 3. The summed E-state index contributed by atoms with van der Waals surface area (Å²) in [5, 5.41) is 11.8. The maximum atomic E-state index is 12.2. The third-order valence-corrected chi connectivity index (χ3v) is 4.94. The van der Waals surface area contributed by atoms with Crippen LogP contribution in [0.1, 0.15) is 32.8 Å². The predicted molar refractivity (Wildman–Crippen MR) is 99.6 cm³/mol. The fourth-order valence-electron chi connectivity index (χ4n) is 2.72. The molecule has 2 amide bonds. The largest absolute Gasteiger partial charge is 0.455 e. The smallest absolute Gasteiger partial charge is 0.311 e. The van der Waals surface area contributed by atoms with Crippen LogP contribution in [-0.2, 0) is 19.1 Å². The number of esters is 1. The Bertz CT molecular complexity index is 766. The Kier molecular flexibility index (Phi) is 6.21. The van der Waals surface area contributed by atoms with Crippen LogP contribution in [0.5, 0.6) is 0 Å². The van der Waals surface area contributed by atoms with Gasteiger partial charge in [-0.25, -0.2) is 0 Å². The molecule has 1 aliphatic rings. The Morgan fingerprint density at radius 3 is 2.56 bits per heavy atom. The Labute approximate surface area is 159 Å². The molecule has 2 rings (SSSR count). The number of nitrogens with one attached hydrogen (secondary N) is 1. The highest BCUT2D eigenvalue weighted by atomic mass is 16.5.